The molecule has 0 aliphatic heterocycles. The van der Waals surface area contributed by atoms with E-state index in [2.05, 4.69) is 4.57 Å². The normalized spacial score (nSPS) is 15.2. The van der Waals surface area contributed by atoms with Crippen LogP contribution in [-0.2, 0) is 12.2 Å². The molecule has 0 fully saturated rings. The monoisotopic (exact) mass is 530 g/mol. The highest BCUT2D eigenvalue weighted by Gasteiger charge is 2.30. The van der Waals surface area contributed by atoms with Gasteiger partial charge in [0.1, 0.15) is 17.4 Å². The van der Waals surface area contributed by atoms with E-state index in [0.717, 1.165) is 41.9 Å². The van der Waals surface area contributed by atoms with E-state index < -0.39 is 0 Å². The Morgan fingerprint density at radius 3 is 2.60 bits per heavy atom. The van der Waals surface area contributed by atoms with Crippen molar-refractivity contribution in [2.75, 3.05) is 7.11 Å². The molecule has 3 aromatic carbocycles. The van der Waals surface area contributed by atoms with Gasteiger partial charge in [0.15, 0.2) is 5.16 Å². The Balaban J connectivity index is 1.62. The van der Waals surface area contributed by atoms with Crippen molar-refractivity contribution >= 4 is 35.0 Å². The molecule has 180 valence electrons. The molecule has 0 saturated heterocycles. The summed E-state index contributed by atoms with van der Waals surface area (Å²) in [6, 6.07) is 16.9. The Morgan fingerprint density at radius 1 is 1.06 bits per heavy atom. The molecule has 8 heteroatoms. The van der Waals surface area contributed by atoms with Crippen LogP contribution in [0.2, 0.25) is 10.0 Å². The molecule has 1 atom stereocenters. The third-order valence-electron chi connectivity index (χ3n) is 6.26. The zero-order valence-electron chi connectivity index (χ0n) is 18.9. The minimum Gasteiger partial charge on any atom is -0.495 e. The molecular formula is C27H22Cl2F2N2OS. The molecule has 1 unspecified atom stereocenters. The lowest BCUT2D eigenvalue weighted by Gasteiger charge is -2.26. The Kier molecular flexibility index (Phi) is 7.05. The molecule has 0 radical (unpaired) electrons. The van der Waals surface area contributed by atoms with Crippen LogP contribution < -0.4 is 4.74 Å². The molecule has 3 nitrogen and oxygen atoms in total. The average molecular weight is 531 g/mol. The van der Waals surface area contributed by atoms with Crippen molar-refractivity contribution in [3.8, 4) is 11.4 Å². The van der Waals surface area contributed by atoms with Crippen LogP contribution in [0.25, 0.3) is 5.69 Å². The standard InChI is InChI=1S/C27H22Cl2F2N2OS/c1-34-25-14-16(8-13-22(25)29)19-4-2-7-24-26(19)33(18-11-9-17(30)10-12-18)27(32-24)35-15-20-21(28)5-3-6-23(20)31/h3,5-6,8-14,19H,2,4,7,15H2,1H3. The SMILES string of the molecule is COc1cc(C2CCCc3nc(SCc4c(F)cccc4Cl)n(-c4ccc(F)cc4)c32)ccc1Cl. The minimum absolute atomic E-state index is 0.0499. The Hall–Kier alpha value is -2.54. The molecule has 0 spiro atoms. The van der Waals surface area contributed by atoms with Crippen molar-refractivity contribution in [2.24, 2.45) is 0 Å². The van der Waals surface area contributed by atoms with Gasteiger partial charge in [0.2, 0.25) is 0 Å². The molecule has 1 heterocycles. The van der Waals surface area contributed by atoms with Gasteiger partial charge in [-0.1, -0.05) is 47.1 Å². The number of benzene rings is 3. The van der Waals surface area contributed by atoms with Crippen molar-refractivity contribution in [1.29, 1.82) is 0 Å². The number of hydrogen-bond donors (Lipinski definition) is 0. The van der Waals surface area contributed by atoms with Crippen LogP contribution in [0.1, 0.15) is 41.3 Å². The number of thioether (sulfide) groups is 1. The summed E-state index contributed by atoms with van der Waals surface area (Å²) in [5.74, 6) is 0.332. The summed E-state index contributed by atoms with van der Waals surface area (Å²) >= 11 is 14.0. The number of methoxy groups -OCH3 is 1. The molecule has 0 N–H and O–H groups in total. The number of aryl methyl sites for hydroxylation is 1. The highest BCUT2D eigenvalue weighted by molar-refractivity contribution is 7.98. The molecule has 5 rings (SSSR count). The fourth-order valence-corrected chi connectivity index (χ4v) is 6.15. The number of hydrogen-bond acceptors (Lipinski definition) is 3. The molecule has 0 amide bonds. The van der Waals surface area contributed by atoms with Gasteiger partial charge in [-0.3, -0.25) is 4.57 Å². The number of aromatic nitrogens is 2. The maximum absolute atomic E-state index is 14.4. The number of rotatable bonds is 6. The fourth-order valence-electron chi connectivity index (χ4n) is 4.57. The summed E-state index contributed by atoms with van der Waals surface area (Å²) in [6.07, 6.45) is 2.74. The topological polar surface area (TPSA) is 27.1 Å². The third-order valence-corrected chi connectivity index (χ3v) is 7.90. The van der Waals surface area contributed by atoms with Gasteiger partial charge in [0, 0.05) is 27.9 Å². The number of nitrogens with zero attached hydrogens (tertiary/aromatic N) is 2. The van der Waals surface area contributed by atoms with E-state index in [9.17, 15) is 8.78 Å². The summed E-state index contributed by atoms with van der Waals surface area (Å²) in [7, 11) is 1.60. The van der Waals surface area contributed by atoms with Crippen LogP contribution in [0, 0.1) is 11.6 Å². The third kappa shape index (κ3) is 4.80. The van der Waals surface area contributed by atoms with Crippen molar-refractivity contribution in [2.45, 2.75) is 36.1 Å². The minimum atomic E-state index is -0.346. The van der Waals surface area contributed by atoms with Crippen molar-refractivity contribution in [3.63, 3.8) is 0 Å². The van der Waals surface area contributed by atoms with Gasteiger partial charge in [-0.2, -0.15) is 0 Å². The molecule has 0 bridgehead atoms. The molecule has 0 saturated carbocycles. The largest absolute Gasteiger partial charge is 0.495 e. The second-order valence-electron chi connectivity index (χ2n) is 8.37. The second kappa shape index (κ2) is 10.2. The van der Waals surface area contributed by atoms with E-state index in [0.29, 0.717) is 32.3 Å². The van der Waals surface area contributed by atoms with Crippen molar-refractivity contribution < 1.29 is 13.5 Å². The lowest BCUT2D eigenvalue weighted by atomic mass is 9.84. The van der Waals surface area contributed by atoms with E-state index in [1.807, 2.05) is 18.2 Å². The zero-order valence-corrected chi connectivity index (χ0v) is 21.2. The summed E-state index contributed by atoms with van der Waals surface area (Å²) < 4.78 is 35.8. The first-order valence-electron chi connectivity index (χ1n) is 11.2. The van der Waals surface area contributed by atoms with E-state index in [1.54, 1.807) is 31.4 Å². The molecule has 35 heavy (non-hydrogen) atoms. The fraction of sp³-hybridized carbons (Fsp3) is 0.222. The Morgan fingerprint density at radius 2 is 1.86 bits per heavy atom. The van der Waals surface area contributed by atoms with E-state index >= 15 is 0 Å². The number of ether oxygens (including phenoxy) is 1. The molecule has 1 aromatic heterocycles. The van der Waals surface area contributed by atoms with Crippen LogP contribution in [0.4, 0.5) is 8.78 Å². The predicted molar refractivity (Wildman–Crippen MR) is 137 cm³/mol. The average Bonchev–Trinajstić information content (AvgIpc) is 3.23. The van der Waals surface area contributed by atoms with Gasteiger partial charge in [0.25, 0.3) is 0 Å². The van der Waals surface area contributed by atoms with Crippen LogP contribution in [-0.4, -0.2) is 16.7 Å². The first kappa shape index (κ1) is 24.2. The van der Waals surface area contributed by atoms with Gasteiger partial charge in [0.05, 0.1) is 23.5 Å². The first-order chi connectivity index (χ1) is 17.0. The van der Waals surface area contributed by atoms with Crippen LogP contribution >= 0.6 is 35.0 Å². The lowest BCUT2D eigenvalue weighted by Crippen LogP contribution is -2.15. The number of fused-ring (bicyclic) bond motifs is 1. The maximum atomic E-state index is 14.4. The second-order valence-corrected chi connectivity index (χ2v) is 10.1. The summed E-state index contributed by atoms with van der Waals surface area (Å²) in [6.45, 7) is 0. The van der Waals surface area contributed by atoms with Gasteiger partial charge in [-0.15, -0.1) is 0 Å². The van der Waals surface area contributed by atoms with E-state index in [1.165, 1.54) is 30.0 Å². The maximum Gasteiger partial charge on any atom is 0.173 e. The van der Waals surface area contributed by atoms with E-state index in [4.69, 9.17) is 32.9 Å². The quantitative estimate of drug-likeness (QED) is 0.235. The number of halogens is 4. The van der Waals surface area contributed by atoms with Gasteiger partial charge < -0.3 is 4.74 Å². The smallest absolute Gasteiger partial charge is 0.173 e. The van der Waals surface area contributed by atoms with Crippen LogP contribution in [0.3, 0.4) is 0 Å². The zero-order chi connectivity index (χ0) is 24.5. The molecule has 1 aliphatic carbocycles. The summed E-state index contributed by atoms with van der Waals surface area (Å²) in [4.78, 5) is 4.97. The Labute approximate surface area is 217 Å². The van der Waals surface area contributed by atoms with Gasteiger partial charge in [-0.25, -0.2) is 13.8 Å². The summed E-state index contributed by atoms with van der Waals surface area (Å²) in [5.41, 5.74) is 4.35. The van der Waals surface area contributed by atoms with Gasteiger partial charge in [-0.05, 0) is 73.4 Å². The predicted octanol–water partition coefficient (Wildman–Crippen LogP) is 8.23. The van der Waals surface area contributed by atoms with E-state index in [-0.39, 0.29) is 17.6 Å². The van der Waals surface area contributed by atoms with Gasteiger partial charge >= 0.3 is 0 Å². The van der Waals surface area contributed by atoms with Crippen molar-refractivity contribution in [1.82, 2.24) is 9.55 Å². The number of imidazole rings is 1. The molecule has 1 aliphatic rings. The highest BCUT2D eigenvalue weighted by atomic mass is 35.5. The first-order valence-corrected chi connectivity index (χ1v) is 13.0. The molecular weight excluding hydrogens is 509 g/mol. The summed E-state index contributed by atoms with van der Waals surface area (Å²) in [5, 5.41) is 1.65. The highest BCUT2D eigenvalue weighted by Crippen LogP contribution is 2.43. The van der Waals surface area contributed by atoms with Crippen molar-refractivity contribution in [3.05, 3.63) is 105 Å². The van der Waals surface area contributed by atoms with Crippen LogP contribution in [0.5, 0.6) is 5.75 Å². The Bertz CT molecular complexity index is 1350. The van der Waals surface area contributed by atoms with Crippen LogP contribution in [0.15, 0.2) is 65.8 Å². The molecule has 4 aromatic rings. The lowest BCUT2D eigenvalue weighted by molar-refractivity contribution is 0.414.